The van der Waals surface area contributed by atoms with Crippen LogP contribution in [0.3, 0.4) is 0 Å². The number of thioether (sulfide) groups is 1. The predicted molar refractivity (Wildman–Crippen MR) is 99.6 cm³/mol. The predicted octanol–water partition coefficient (Wildman–Crippen LogP) is 1.95. The molecule has 2 heterocycles. The van der Waals surface area contributed by atoms with E-state index in [0.717, 1.165) is 23.7 Å². The molecule has 0 radical (unpaired) electrons. The summed E-state index contributed by atoms with van der Waals surface area (Å²) >= 11 is 1.81. The van der Waals surface area contributed by atoms with Crippen LogP contribution in [0.1, 0.15) is 30.5 Å². The van der Waals surface area contributed by atoms with Gasteiger partial charge in [0.15, 0.2) is 6.19 Å². The van der Waals surface area contributed by atoms with Gasteiger partial charge in [0, 0.05) is 31.3 Å². The van der Waals surface area contributed by atoms with Crippen LogP contribution >= 0.6 is 11.8 Å². The zero-order valence-corrected chi connectivity index (χ0v) is 15.1. The van der Waals surface area contributed by atoms with Crippen molar-refractivity contribution in [1.82, 2.24) is 20.5 Å². The second-order valence-corrected chi connectivity index (χ2v) is 6.87. The molecule has 24 heavy (non-hydrogen) atoms. The Morgan fingerprint density at radius 2 is 2.25 bits per heavy atom. The van der Waals surface area contributed by atoms with Gasteiger partial charge in [-0.3, -0.25) is 20.2 Å². The van der Waals surface area contributed by atoms with Crippen molar-refractivity contribution in [3.63, 3.8) is 0 Å². The highest BCUT2D eigenvalue weighted by molar-refractivity contribution is 7.98. The van der Waals surface area contributed by atoms with E-state index in [2.05, 4.69) is 37.6 Å². The van der Waals surface area contributed by atoms with Crippen molar-refractivity contribution < 1.29 is 0 Å². The molecule has 6 nitrogen and oxygen atoms in total. The number of piperidine rings is 1. The molecule has 0 saturated carbocycles. The van der Waals surface area contributed by atoms with E-state index >= 15 is 0 Å². The summed E-state index contributed by atoms with van der Waals surface area (Å²) in [6.07, 6.45) is 7.80. The van der Waals surface area contributed by atoms with Crippen LogP contribution in [-0.2, 0) is 12.3 Å². The summed E-state index contributed by atoms with van der Waals surface area (Å²) in [7, 11) is 1.74. The minimum Gasteiger partial charge on any atom is -0.359 e. The number of rotatable bonds is 7. The second-order valence-electron chi connectivity index (χ2n) is 5.76. The highest BCUT2D eigenvalue weighted by atomic mass is 32.2. The van der Waals surface area contributed by atoms with Gasteiger partial charge in [0.25, 0.3) is 0 Å². The Hall–Kier alpha value is -1.78. The Labute approximate surface area is 148 Å². The third-order valence-electron chi connectivity index (χ3n) is 3.90. The summed E-state index contributed by atoms with van der Waals surface area (Å²) in [5.74, 6) is 2.31. The van der Waals surface area contributed by atoms with Gasteiger partial charge >= 0.3 is 0 Å². The van der Waals surface area contributed by atoms with Crippen molar-refractivity contribution in [3.8, 4) is 6.19 Å². The summed E-state index contributed by atoms with van der Waals surface area (Å²) in [6.45, 7) is 4.14. The van der Waals surface area contributed by atoms with Crippen molar-refractivity contribution in [2.24, 2.45) is 4.99 Å². The SMILES string of the molecule is CN/C(=N/CCSCc1cc(CN2CCCCC2)ccn1)NC#N. The number of pyridine rings is 1. The highest BCUT2D eigenvalue weighted by Crippen LogP contribution is 2.15. The molecule has 2 N–H and O–H groups in total. The van der Waals surface area contributed by atoms with E-state index in [1.807, 2.05) is 24.2 Å². The maximum Gasteiger partial charge on any atom is 0.204 e. The third-order valence-corrected chi connectivity index (χ3v) is 4.87. The van der Waals surface area contributed by atoms with E-state index in [9.17, 15) is 0 Å². The minimum absolute atomic E-state index is 0.514. The molecule has 1 aromatic rings. The lowest BCUT2D eigenvalue weighted by Crippen LogP contribution is -2.31. The Kier molecular flexibility index (Phi) is 8.42. The van der Waals surface area contributed by atoms with Crippen LogP contribution in [0.4, 0.5) is 0 Å². The number of hydrogen-bond donors (Lipinski definition) is 2. The molecule has 130 valence electrons. The molecule has 1 aliphatic heterocycles. The fraction of sp³-hybridized carbons (Fsp3) is 0.588. The largest absolute Gasteiger partial charge is 0.359 e. The Balaban J connectivity index is 1.73. The first kappa shape index (κ1) is 18.6. The van der Waals surface area contributed by atoms with Crippen molar-refractivity contribution in [2.45, 2.75) is 31.6 Å². The Morgan fingerprint density at radius 1 is 1.42 bits per heavy atom. The molecule has 0 aliphatic carbocycles. The zero-order chi connectivity index (χ0) is 17.0. The van der Waals surface area contributed by atoms with Crippen LogP contribution in [-0.4, -0.2) is 48.3 Å². The summed E-state index contributed by atoms with van der Waals surface area (Å²) in [5.41, 5.74) is 2.48. The molecule has 7 heteroatoms. The number of aromatic nitrogens is 1. The lowest BCUT2D eigenvalue weighted by atomic mass is 10.1. The number of hydrogen-bond acceptors (Lipinski definition) is 5. The van der Waals surface area contributed by atoms with Gasteiger partial charge in [0.05, 0.1) is 12.2 Å². The first-order valence-electron chi connectivity index (χ1n) is 8.43. The lowest BCUT2D eigenvalue weighted by molar-refractivity contribution is 0.221. The molecule has 0 bridgehead atoms. The van der Waals surface area contributed by atoms with Crippen molar-refractivity contribution >= 4 is 17.7 Å². The van der Waals surface area contributed by atoms with E-state index in [4.69, 9.17) is 5.26 Å². The monoisotopic (exact) mass is 346 g/mol. The molecule has 0 amide bonds. The maximum absolute atomic E-state index is 8.56. The van der Waals surface area contributed by atoms with Crippen molar-refractivity contribution in [1.29, 1.82) is 5.26 Å². The highest BCUT2D eigenvalue weighted by Gasteiger charge is 2.10. The van der Waals surface area contributed by atoms with Gasteiger partial charge in [0.1, 0.15) is 0 Å². The quantitative estimate of drug-likeness (QED) is 0.258. The van der Waals surface area contributed by atoms with E-state index in [1.54, 1.807) is 7.05 Å². The van der Waals surface area contributed by atoms with Gasteiger partial charge in [-0.15, -0.1) is 0 Å². The number of guanidine groups is 1. The van der Waals surface area contributed by atoms with E-state index in [0.29, 0.717) is 12.5 Å². The molecule has 0 unspecified atom stereocenters. The van der Waals surface area contributed by atoms with Crippen molar-refractivity contribution in [3.05, 3.63) is 29.6 Å². The fourth-order valence-electron chi connectivity index (χ4n) is 2.71. The van der Waals surface area contributed by atoms with Crippen LogP contribution in [0, 0.1) is 11.5 Å². The molecule has 0 spiro atoms. The lowest BCUT2D eigenvalue weighted by Gasteiger charge is -2.26. The first-order chi connectivity index (χ1) is 11.8. The average Bonchev–Trinajstić information content (AvgIpc) is 2.62. The van der Waals surface area contributed by atoms with Crippen LogP contribution in [0.2, 0.25) is 0 Å². The van der Waals surface area contributed by atoms with E-state index < -0.39 is 0 Å². The van der Waals surface area contributed by atoms with Gasteiger partial charge in [-0.1, -0.05) is 6.42 Å². The normalized spacial score (nSPS) is 15.8. The summed E-state index contributed by atoms with van der Waals surface area (Å²) in [4.78, 5) is 11.3. The van der Waals surface area contributed by atoms with Crippen molar-refractivity contribution in [2.75, 3.05) is 32.4 Å². The molecule has 1 fully saturated rings. The number of aliphatic imine (C=N–C) groups is 1. The molecule has 0 atom stereocenters. The second kappa shape index (κ2) is 10.9. The van der Waals surface area contributed by atoms with Gasteiger partial charge in [-0.25, -0.2) is 0 Å². The van der Waals surface area contributed by atoms with Gasteiger partial charge in [-0.05, 0) is 43.6 Å². The van der Waals surface area contributed by atoms with Crippen LogP contribution in [0.25, 0.3) is 0 Å². The Bertz CT molecular complexity index is 562. The molecular formula is C17H26N6S. The molecule has 2 rings (SSSR count). The number of nitrogens with zero attached hydrogens (tertiary/aromatic N) is 4. The van der Waals surface area contributed by atoms with Gasteiger partial charge in [0.2, 0.25) is 5.96 Å². The van der Waals surface area contributed by atoms with Gasteiger partial charge in [-0.2, -0.15) is 17.0 Å². The summed E-state index contributed by atoms with van der Waals surface area (Å²) in [6, 6.07) is 4.35. The zero-order valence-electron chi connectivity index (χ0n) is 14.3. The smallest absolute Gasteiger partial charge is 0.204 e. The summed E-state index contributed by atoms with van der Waals surface area (Å²) in [5, 5.41) is 13.9. The molecular weight excluding hydrogens is 320 g/mol. The number of nitriles is 1. The standard InChI is InChI=1S/C17H26N6S/c1-19-17(22-14-18)21-7-10-24-13-16-11-15(5-6-20-16)12-23-8-3-2-4-9-23/h5-6,11H,2-4,7-10,12-13H2,1H3,(H2,19,21,22). The third kappa shape index (κ3) is 6.77. The molecule has 1 saturated heterocycles. The van der Waals surface area contributed by atoms with Crippen LogP contribution < -0.4 is 10.6 Å². The molecule has 0 aromatic carbocycles. The van der Waals surface area contributed by atoms with Gasteiger partial charge < -0.3 is 5.32 Å². The maximum atomic E-state index is 8.56. The summed E-state index contributed by atoms with van der Waals surface area (Å²) < 4.78 is 0. The van der Waals surface area contributed by atoms with E-state index in [1.165, 1.54) is 37.9 Å². The fourth-order valence-corrected chi connectivity index (χ4v) is 3.45. The average molecular weight is 347 g/mol. The Morgan fingerprint density at radius 3 is 3.00 bits per heavy atom. The number of likely N-dealkylation sites (tertiary alicyclic amines) is 1. The minimum atomic E-state index is 0.514. The van der Waals surface area contributed by atoms with Crippen LogP contribution in [0.15, 0.2) is 23.3 Å². The van der Waals surface area contributed by atoms with E-state index in [-0.39, 0.29) is 0 Å². The topological polar surface area (TPSA) is 76.3 Å². The molecule has 1 aliphatic rings. The first-order valence-corrected chi connectivity index (χ1v) is 9.58. The molecule has 1 aromatic heterocycles. The number of nitrogens with one attached hydrogen (secondary N) is 2. The van der Waals surface area contributed by atoms with Crippen LogP contribution in [0.5, 0.6) is 0 Å².